The van der Waals surface area contributed by atoms with Crippen LogP contribution in [0.15, 0.2) is 54.9 Å². The minimum absolute atomic E-state index is 0.0129. The fourth-order valence-electron chi connectivity index (χ4n) is 3.18. The summed E-state index contributed by atoms with van der Waals surface area (Å²) in [5, 5.41) is 7.80. The van der Waals surface area contributed by atoms with E-state index in [0.29, 0.717) is 6.61 Å². The number of rotatable bonds is 4. The third-order valence-corrected chi connectivity index (χ3v) is 4.76. The Morgan fingerprint density at radius 3 is 2.62 bits per heavy atom. The van der Waals surface area contributed by atoms with Crippen molar-refractivity contribution < 1.29 is 4.74 Å². The average molecular weight is 346 g/mol. The van der Waals surface area contributed by atoms with Gasteiger partial charge in [0.25, 0.3) is 0 Å². The second kappa shape index (κ2) is 6.67. The zero-order valence-electron chi connectivity index (χ0n) is 15.2. The van der Waals surface area contributed by atoms with Gasteiger partial charge < -0.3 is 10.1 Å². The summed E-state index contributed by atoms with van der Waals surface area (Å²) < 4.78 is 7.46. The maximum absolute atomic E-state index is 5.55. The first-order chi connectivity index (χ1) is 12.7. The van der Waals surface area contributed by atoms with Crippen molar-refractivity contribution in [2.24, 2.45) is 0 Å². The minimum atomic E-state index is -0.0129. The predicted molar refractivity (Wildman–Crippen MR) is 103 cm³/mol. The molecule has 1 unspecified atom stereocenters. The van der Waals surface area contributed by atoms with Crippen LogP contribution in [0, 0.1) is 13.8 Å². The van der Waals surface area contributed by atoms with E-state index >= 15 is 0 Å². The zero-order valence-corrected chi connectivity index (χ0v) is 15.2. The van der Waals surface area contributed by atoms with E-state index < -0.39 is 0 Å². The van der Waals surface area contributed by atoms with Crippen molar-refractivity contribution in [2.75, 3.05) is 11.9 Å². The third-order valence-electron chi connectivity index (χ3n) is 4.76. The highest BCUT2D eigenvalue weighted by Crippen LogP contribution is 2.33. The Morgan fingerprint density at radius 1 is 1.08 bits per heavy atom. The maximum atomic E-state index is 5.55. The van der Waals surface area contributed by atoms with Gasteiger partial charge in [-0.05, 0) is 67.3 Å². The Balaban J connectivity index is 1.74. The number of nitrogens with one attached hydrogen (secondary N) is 1. The van der Waals surface area contributed by atoms with Crippen LogP contribution in [0.2, 0.25) is 0 Å². The molecule has 1 aliphatic heterocycles. The van der Waals surface area contributed by atoms with Gasteiger partial charge in [-0.15, -0.1) is 0 Å². The zero-order chi connectivity index (χ0) is 18.1. The quantitative estimate of drug-likeness (QED) is 0.763. The molecule has 0 saturated heterocycles. The molecule has 0 saturated carbocycles. The summed E-state index contributed by atoms with van der Waals surface area (Å²) in [4.78, 5) is 4.37. The molecule has 5 nitrogen and oxygen atoms in total. The molecule has 5 heteroatoms. The van der Waals surface area contributed by atoms with Crippen LogP contribution in [0.1, 0.15) is 35.2 Å². The molecule has 0 spiro atoms. The summed E-state index contributed by atoms with van der Waals surface area (Å²) in [6.07, 6.45) is 3.78. The number of aryl methyl sites for hydroxylation is 2. The first-order valence-corrected chi connectivity index (χ1v) is 8.84. The van der Waals surface area contributed by atoms with Gasteiger partial charge in [0, 0.05) is 5.70 Å². The van der Waals surface area contributed by atoms with Crippen molar-refractivity contribution in [3.8, 4) is 5.75 Å². The Bertz CT molecular complexity index is 956. The van der Waals surface area contributed by atoms with E-state index in [9.17, 15) is 0 Å². The van der Waals surface area contributed by atoms with Crippen LogP contribution < -0.4 is 10.1 Å². The number of hydrogen-bond donors (Lipinski definition) is 1. The smallest absolute Gasteiger partial charge is 0.226 e. The fourth-order valence-corrected chi connectivity index (χ4v) is 3.18. The molecule has 3 aromatic rings. The lowest BCUT2D eigenvalue weighted by Gasteiger charge is -2.25. The van der Waals surface area contributed by atoms with Gasteiger partial charge in [0.05, 0.1) is 6.61 Å². The predicted octanol–water partition coefficient (Wildman–Crippen LogP) is 4.35. The Labute approximate surface area is 153 Å². The Kier molecular flexibility index (Phi) is 4.21. The number of hydrogen-bond acceptors (Lipinski definition) is 4. The van der Waals surface area contributed by atoms with Crippen LogP contribution in [0.4, 0.5) is 5.95 Å². The van der Waals surface area contributed by atoms with Gasteiger partial charge in [0.15, 0.2) is 0 Å². The summed E-state index contributed by atoms with van der Waals surface area (Å²) in [6, 6.07) is 14.7. The number of allylic oxidation sites excluding steroid dienone is 1. The van der Waals surface area contributed by atoms with Crippen LogP contribution in [0.5, 0.6) is 5.75 Å². The first-order valence-electron chi connectivity index (χ1n) is 8.84. The van der Waals surface area contributed by atoms with E-state index in [1.807, 2.05) is 23.7 Å². The van der Waals surface area contributed by atoms with Crippen molar-refractivity contribution >= 4 is 11.6 Å². The van der Waals surface area contributed by atoms with E-state index in [2.05, 4.69) is 65.7 Å². The molecule has 0 aliphatic carbocycles. The molecular weight excluding hydrogens is 324 g/mol. The molecule has 0 radical (unpaired) electrons. The highest BCUT2D eigenvalue weighted by atomic mass is 16.5. The molecule has 1 aliphatic rings. The van der Waals surface area contributed by atoms with Gasteiger partial charge in [-0.2, -0.15) is 10.1 Å². The third kappa shape index (κ3) is 2.96. The maximum Gasteiger partial charge on any atom is 0.226 e. The fraction of sp³-hybridized carbons (Fsp3) is 0.238. The van der Waals surface area contributed by atoms with Gasteiger partial charge in [-0.25, -0.2) is 4.68 Å². The van der Waals surface area contributed by atoms with Crippen molar-refractivity contribution in [2.45, 2.75) is 26.8 Å². The van der Waals surface area contributed by atoms with Crippen LogP contribution in [0.3, 0.4) is 0 Å². The second-order valence-electron chi connectivity index (χ2n) is 6.48. The van der Waals surface area contributed by atoms with E-state index in [1.165, 1.54) is 11.1 Å². The standard InChI is InChI=1S/C21H22N4O/c1-4-26-18-9-7-16(8-10-18)20-12-19(24-21-22-13-23-25(20)21)17-6-5-14(2)15(3)11-17/h5-13,20H,4H2,1-3H3,(H,22,23,24). The number of aromatic nitrogens is 3. The monoisotopic (exact) mass is 346 g/mol. The van der Waals surface area contributed by atoms with E-state index in [4.69, 9.17) is 4.74 Å². The van der Waals surface area contributed by atoms with Gasteiger partial charge in [0.1, 0.15) is 18.1 Å². The molecule has 1 atom stereocenters. The van der Waals surface area contributed by atoms with Gasteiger partial charge in [0.2, 0.25) is 5.95 Å². The van der Waals surface area contributed by atoms with Gasteiger partial charge in [-0.3, -0.25) is 0 Å². The molecule has 132 valence electrons. The average Bonchev–Trinajstić information content (AvgIpc) is 3.13. The molecule has 26 heavy (non-hydrogen) atoms. The van der Waals surface area contributed by atoms with Crippen LogP contribution in [0.25, 0.3) is 5.70 Å². The van der Waals surface area contributed by atoms with Crippen molar-refractivity contribution in [3.05, 3.63) is 77.1 Å². The Morgan fingerprint density at radius 2 is 1.88 bits per heavy atom. The largest absolute Gasteiger partial charge is 0.494 e. The molecule has 4 rings (SSSR count). The first kappa shape index (κ1) is 16.4. The summed E-state index contributed by atoms with van der Waals surface area (Å²) in [5.41, 5.74) is 5.90. The molecule has 1 N–H and O–H groups in total. The lowest BCUT2D eigenvalue weighted by atomic mass is 9.99. The van der Waals surface area contributed by atoms with E-state index in [-0.39, 0.29) is 6.04 Å². The molecule has 0 fully saturated rings. The highest BCUT2D eigenvalue weighted by Gasteiger charge is 2.23. The lowest BCUT2D eigenvalue weighted by molar-refractivity contribution is 0.340. The molecule has 0 bridgehead atoms. The number of anilines is 1. The lowest BCUT2D eigenvalue weighted by Crippen LogP contribution is -2.20. The molecule has 2 heterocycles. The topological polar surface area (TPSA) is 52.0 Å². The van der Waals surface area contributed by atoms with Crippen LogP contribution in [-0.4, -0.2) is 21.4 Å². The summed E-state index contributed by atoms with van der Waals surface area (Å²) >= 11 is 0. The van der Waals surface area contributed by atoms with Crippen LogP contribution in [-0.2, 0) is 0 Å². The highest BCUT2D eigenvalue weighted by molar-refractivity contribution is 5.77. The molecular formula is C21H22N4O. The van der Waals surface area contributed by atoms with Crippen LogP contribution >= 0.6 is 0 Å². The number of fused-ring (bicyclic) bond motifs is 1. The summed E-state index contributed by atoms with van der Waals surface area (Å²) in [6.45, 7) is 6.91. The van der Waals surface area contributed by atoms with E-state index in [1.54, 1.807) is 6.33 Å². The number of ether oxygens (including phenoxy) is 1. The number of nitrogens with zero attached hydrogens (tertiary/aromatic N) is 3. The summed E-state index contributed by atoms with van der Waals surface area (Å²) in [5.74, 6) is 1.63. The minimum Gasteiger partial charge on any atom is -0.494 e. The molecule has 0 amide bonds. The van der Waals surface area contributed by atoms with Crippen molar-refractivity contribution in [1.29, 1.82) is 0 Å². The number of benzene rings is 2. The Hall–Kier alpha value is -3.08. The molecule has 2 aromatic carbocycles. The van der Waals surface area contributed by atoms with Crippen molar-refractivity contribution in [1.82, 2.24) is 14.8 Å². The second-order valence-corrected chi connectivity index (χ2v) is 6.48. The van der Waals surface area contributed by atoms with Crippen molar-refractivity contribution in [3.63, 3.8) is 0 Å². The summed E-state index contributed by atoms with van der Waals surface area (Å²) in [7, 11) is 0. The van der Waals surface area contributed by atoms with E-state index in [0.717, 1.165) is 28.5 Å². The normalized spacial score (nSPS) is 15.8. The van der Waals surface area contributed by atoms with Gasteiger partial charge >= 0.3 is 0 Å². The SMILES string of the molecule is CCOc1ccc(C2C=C(c3ccc(C)c(C)c3)Nc3ncnn32)cc1. The van der Waals surface area contributed by atoms with Gasteiger partial charge in [-0.1, -0.05) is 24.3 Å². The molecule has 1 aromatic heterocycles.